The molecule has 0 bridgehead atoms. The van der Waals surface area contributed by atoms with Gasteiger partial charge in [0.1, 0.15) is 0 Å². The van der Waals surface area contributed by atoms with E-state index in [1.54, 1.807) is 0 Å². The summed E-state index contributed by atoms with van der Waals surface area (Å²) < 4.78 is 5.28. The predicted molar refractivity (Wildman–Crippen MR) is 112 cm³/mol. The molecule has 1 fully saturated rings. The van der Waals surface area contributed by atoms with Gasteiger partial charge in [-0.05, 0) is 50.9 Å². The minimum atomic E-state index is 0.0118. The number of ether oxygens (including phenoxy) is 1. The fourth-order valence-electron chi connectivity index (χ4n) is 3.34. The van der Waals surface area contributed by atoms with Crippen molar-refractivity contribution in [3.63, 3.8) is 0 Å². The summed E-state index contributed by atoms with van der Waals surface area (Å²) in [6.07, 6.45) is 27.5. The molecule has 0 aromatic rings. The van der Waals surface area contributed by atoms with Crippen molar-refractivity contribution < 1.29 is 9.53 Å². The SMILES string of the molecule is CCCCCCCCCCCC=CCCCCCOC(=O)CCC1CC1. The monoisotopic (exact) mass is 364 g/mol. The molecule has 0 heterocycles. The average Bonchev–Trinajstić information content (AvgIpc) is 3.47. The van der Waals surface area contributed by atoms with Crippen LogP contribution in [0.15, 0.2) is 12.2 Å². The van der Waals surface area contributed by atoms with Crippen LogP contribution in [0.25, 0.3) is 0 Å². The highest BCUT2D eigenvalue weighted by atomic mass is 16.5. The maximum Gasteiger partial charge on any atom is 0.305 e. The number of allylic oxidation sites excluding steroid dienone is 2. The van der Waals surface area contributed by atoms with Crippen molar-refractivity contribution in [3.05, 3.63) is 12.2 Å². The zero-order valence-corrected chi connectivity index (χ0v) is 17.5. The standard InChI is InChI=1S/C24H44O2/c1-2-3-4-5-6-7-8-9-10-11-12-13-14-15-16-17-22-26-24(25)21-20-23-18-19-23/h12-13,23H,2-11,14-22H2,1H3. The molecule has 1 saturated carbocycles. The number of unbranched alkanes of at least 4 members (excludes halogenated alkanes) is 12. The molecule has 152 valence electrons. The summed E-state index contributed by atoms with van der Waals surface area (Å²) in [4.78, 5) is 11.5. The number of esters is 1. The molecule has 0 aromatic heterocycles. The van der Waals surface area contributed by atoms with Crippen molar-refractivity contribution in [1.29, 1.82) is 0 Å². The van der Waals surface area contributed by atoms with Crippen LogP contribution in [0, 0.1) is 5.92 Å². The van der Waals surface area contributed by atoms with Crippen molar-refractivity contribution >= 4 is 5.97 Å². The topological polar surface area (TPSA) is 26.3 Å². The normalized spacial score (nSPS) is 14.2. The Kier molecular flexibility index (Phi) is 15.8. The first-order valence-electron chi connectivity index (χ1n) is 11.6. The van der Waals surface area contributed by atoms with Crippen molar-refractivity contribution in [1.82, 2.24) is 0 Å². The third kappa shape index (κ3) is 16.7. The Morgan fingerprint density at radius 3 is 1.92 bits per heavy atom. The molecule has 0 radical (unpaired) electrons. The van der Waals surface area contributed by atoms with E-state index in [0.29, 0.717) is 13.0 Å². The summed E-state index contributed by atoms with van der Waals surface area (Å²) in [6.45, 7) is 2.90. The number of hydrogen-bond acceptors (Lipinski definition) is 2. The molecule has 0 unspecified atom stereocenters. The average molecular weight is 365 g/mol. The van der Waals surface area contributed by atoms with Crippen LogP contribution in [-0.2, 0) is 9.53 Å². The van der Waals surface area contributed by atoms with Gasteiger partial charge in [-0.2, -0.15) is 0 Å². The highest BCUT2D eigenvalue weighted by Crippen LogP contribution is 2.33. The summed E-state index contributed by atoms with van der Waals surface area (Å²) in [7, 11) is 0. The van der Waals surface area contributed by atoms with Gasteiger partial charge >= 0.3 is 5.97 Å². The summed E-state index contributed by atoms with van der Waals surface area (Å²) in [6, 6.07) is 0. The van der Waals surface area contributed by atoms with Gasteiger partial charge in [-0.15, -0.1) is 0 Å². The fourth-order valence-corrected chi connectivity index (χ4v) is 3.34. The van der Waals surface area contributed by atoms with Gasteiger partial charge in [0.15, 0.2) is 0 Å². The van der Waals surface area contributed by atoms with Gasteiger partial charge in [-0.25, -0.2) is 0 Å². The first kappa shape index (κ1) is 23.2. The summed E-state index contributed by atoms with van der Waals surface area (Å²) in [5, 5.41) is 0. The minimum absolute atomic E-state index is 0.0118. The van der Waals surface area contributed by atoms with E-state index in [-0.39, 0.29) is 5.97 Å². The lowest BCUT2D eigenvalue weighted by molar-refractivity contribution is -0.144. The van der Waals surface area contributed by atoms with Crippen LogP contribution in [0.4, 0.5) is 0 Å². The first-order valence-corrected chi connectivity index (χ1v) is 11.6. The van der Waals surface area contributed by atoms with Gasteiger partial charge in [0.25, 0.3) is 0 Å². The van der Waals surface area contributed by atoms with Gasteiger partial charge in [0, 0.05) is 6.42 Å². The van der Waals surface area contributed by atoms with E-state index in [2.05, 4.69) is 19.1 Å². The summed E-state index contributed by atoms with van der Waals surface area (Å²) in [5.41, 5.74) is 0. The van der Waals surface area contributed by atoms with E-state index >= 15 is 0 Å². The molecular weight excluding hydrogens is 320 g/mol. The van der Waals surface area contributed by atoms with Crippen LogP contribution in [0.2, 0.25) is 0 Å². The first-order chi connectivity index (χ1) is 12.8. The number of carbonyl (C=O) groups is 1. The highest BCUT2D eigenvalue weighted by molar-refractivity contribution is 5.69. The van der Waals surface area contributed by atoms with E-state index in [4.69, 9.17) is 4.74 Å². The second-order valence-corrected chi connectivity index (χ2v) is 8.14. The molecule has 2 heteroatoms. The highest BCUT2D eigenvalue weighted by Gasteiger charge is 2.22. The van der Waals surface area contributed by atoms with E-state index in [1.165, 1.54) is 89.9 Å². The van der Waals surface area contributed by atoms with Gasteiger partial charge in [-0.1, -0.05) is 83.3 Å². The Bertz CT molecular complexity index is 344. The molecule has 26 heavy (non-hydrogen) atoms. The number of hydrogen-bond donors (Lipinski definition) is 0. The summed E-state index contributed by atoms with van der Waals surface area (Å²) in [5.74, 6) is 0.836. The third-order valence-electron chi connectivity index (χ3n) is 5.37. The van der Waals surface area contributed by atoms with Crippen LogP contribution in [0.1, 0.15) is 122 Å². The molecule has 2 nitrogen and oxygen atoms in total. The van der Waals surface area contributed by atoms with Gasteiger partial charge in [-0.3, -0.25) is 4.79 Å². The summed E-state index contributed by atoms with van der Waals surface area (Å²) >= 11 is 0. The predicted octanol–water partition coefficient (Wildman–Crippen LogP) is 7.76. The molecule has 0 aliphatic heterocycles. The molecule has 1 aliphatic rings. The van der Waals surface area contributed by atoms with E-state index in [0.717, 1.165) is 25.2 Å². The van der Waals surface area contributed by atoms with Crippen LogP contribution in [0.3, 0.4) is 0 Å². The maximum absolute atomic E-state index is 11.5. The third-order valence-corrected chi connectivity index (χ3v) is 5.37. The van der Waals surface area contributed by atoms with Crippen LogP contribution in [-0.4, -0.2) is 12.6 Å². The Morgan fingerprint density at radius 1 is 0.808 bits per heavy atom. The van der Waals surface area contributed by atoms with Crippen molar-refractivity contribution in [2.75, 3.05) is 6.61 Å². The smallest absolute Gasteiger partial charge is 0.305 e. The van der Waals surface area contributed by atoms with Gasteiger partial charge < -0.3 is 4.74 Å². The van der Waals surface area contributed by atoms with E-state index < -0.39 is 0 Å². The molecule has 0 aromatic carbocycles. The second-order valence-electron chi connectivity index (χ2n) is 8.14. The quantitative estimate of drug-likeness (QED) is 0.133. The number of rotatable bonds is 19. The molecule has 1 rings (SSSR count). The Labute approximate surface area is 163 Å². The van der Waals surface area contributed by atoms with Crippen molar-refractivity contribution in [3.8, 4) is 0 Å². The molecule has 0 amide bonds. The van der Waals surface area contributed by atoms with Crippen LogP contribution >= 0.6 is 0 Å². The lowest BCUT2D eigenvalue weighted by atomic mass is 10.1. The lowest BCUT2D eigenvalue weighted by Crippen LogP contribution is -2.05. The molecule has 0 atom stereocenters. The van der Waals surface area contributed by atoms with E-state index in [1.807, 2.05) is 0 Å². The van der Waals surface area contributed by atoms with Gasteiger partial charge in [0.05, 0.1) is 6.61 Å². The van der Waals surface area contributed by atoms with Crippen LogP contribution < -0.4 is 0 Å². The van der Waals surface area contributed by atoms with Gasteiger partial charge in [0.2, 0.25) is 0 Å². The Morgan fingerprint density at radius 2 is 1.35 bits per heavy atom. The zero-order valence-electron chi connectivity index (χ0n) is 17.5. The molecule has 1 aliphatic carbocycles. The maximum atomic E-state index is 11.5. The zero-order chi connectivity index (χ0) is 18.7. The largest absolute Gasteiger partial charge is 0.466 e. The van der Waals surface area contributed by atoms with Crippen LogP contribution in [0.5, 0.6) is 0 Å². The fraction of sp³-hybridized carbons (Fsp3) is 0.875. The van der Waals surface area contributed by atoms with E-state index in [9.17, 15) is 4.79 Å². The molecular formula is C24H44O2. The Hall–Kier alpha value is -0.790. The van der Waals surface area contributed by atoms with Crippen molar-refractivity contribution in [2.24, 2.45) is 5.92 Å². The lowest BCUT2D eigenvalue weighted by Gasteiger charge is -2.04. The molecule has 0 saturated heterocycles. The second kappa shape index (κ2) is 17.6. The Balaban J connectivity index is 1.70. The van der Waals surface area contributed by atoms with Crippen molar-refractivity contribution in [2.45, 2.75) is 122 Å². The number of carbonyl (C=O) groups excluding carboxylic acids is 1. The molecule has 0 spiro atoms. The minimum Gasteiger partial charge on any atom is -0.466 e. The molecule has 0 N–H and O–H groups in total.